The standard InChI is InChI=1S/C22H37N5O4/c1-3-25(4-2)19(29)17-24-12-8-13-26(16-15-24)18(28)9-14-27-20(30)22(23-21(27)31)10-6-5-7-11-22/h3-17H2,1-2H3,(H,23,31). The molecule has 2 heterocycles. The lowest BCUT2D eigenvalue weighted by molar-refractivity contribution is -0.134. The normalized spacial score (nSPS) is 21.9. The summed E-state index contributed by atoms with van der Waals surface area (Å²) in [6.45, 7) is 8.53. The second kappa shape index (κ2) is 10.4. The second-order valence-electron chi connectivity index (χ2n) is 8.86. The number of nitrogens with zero attached hydrogens (tertiary/aromatic N) is 4. The molecule has 2 saturated heterocycles. The van der Waals surface area contributed by atoms with Crippen LogP contribution in [0.4, 0.5) is 4.79 Å². The van der Waals surface area contributed by atoms with E-state index in [4.69, 9.17) is 0 Å². The number of imide groups is 1. The van der Waals surface area contributed by atoms with Crippen molar-refractivity contribution in [2.45, 2.75) is 64.3 Å². The van der Waals surface area contributed by atoms with E-state index in [0.29, 0.717) is 52.1 Å². The number of likely N-dealkylation sites (N-methyl/N-ethyl adjacent to an activating group) is 1. The van der Waals surface area contributed by atoms with Crippen LogP contribution in [0.5, 0.6) is 0 Å². The Labute approximate surface area is 185 Å². The van der Waals surface area contributed by atoms with Crippen LogP contribution in [0, 0.1) is 0 Å². The fourth-order valence-electron chi connectivity index (χ4n) is 4.99. The molecule has 174 valence electrons. The minimum atomic E-state index is -0.737. The molecule has 0 bridgehead atoms. The molecular weight excluding hydrogens is 398 g/mol. The van der Waals surface area contributed by atoms with Crippen LogP contribution >= 0.6 is 0 Å². The van der Waals surface area contributed by atoms with Crippen LogP contribution in [0.3, 0.4) is 0 Å². The van der Waals surface area contributed by atoms with Crippen molar-refractivity contribution < 1.29 is 19.2 Å². The van der Waals surface area contributed by atoms with Crippen LogP contribution in [0.25, 0.3) is 0 Å². The van der Waals surface area contributed by atoms with Crippen molar-refractivity contribution in [2.75, 3.05) is 52.4 Å². The van der Waals surface area contributed by atoms with Crippen molar-refractivity contribution in [1.29, 1.82) is 0 Å². The zero-order chi connectivity index (χ0) is 22.4. The molecule has 0 aromatic carbocycles. The number of hydrogen-bond donors (Lipinski definition) is 1. The van der Waals surface area contributed by atoms with E-state index >= 15 is 0 Å². The molecule has 3 rings (SSSR count). The molecule has 0 aromatic rings. The second-order valence-corrected chi connectivity index (χ2v) is 8.86. The van der Waals surface area contributed by atoms with E-state index in [1.807, 2.05) is 18.7 Å². The molecule has 1 spiro atoms. The highest BCUT2D eigenvalue weighted by Crippen LogP contribution is 2.33. The zero-order valence-electron chi connectivity index (χ0n) is 19.0. The average Bonchev–Trinajstić information content (AvgIpc) is 2.91. The molecule has 9 nitrogen and oxygen atoms in total. The summed E-state index contributed by atoms with van der Waals surface area (Å²) in [7, 11) is 0. The number of amides is 5. The third-order valence-corrected chi connectivity index (χ3v) is 6.92. The van der Waals surface area contributed by atoms with Crippen molar-refractivity contribution >= 4 is 23.8 Å². The first-order valence-corrected chi connectivity index (χ1v) is 11.8. The molecule has 3 aliphatic rings. The predicted molar refractivity (Wildman–Crippen MR) is 116 cm³/mol. The summed E-state index contributed by atoms with van der Waals surface area (Å²) in [6.07, 6.45) is 5.32. The van der Waals surface area contributed by atoms with Gasteiger partial charge < -0.3 is 15.1 Å². The molecule has 1 saturated carbocycles. The minimum absolute atomic E-state index is 0.0397. The summed E-state index contributed by atoms with van der Waals surface area (Å²) in [5.41, 5.74) is -0.737. The quantitative estimate of drug-likeness (QED) is 0.603. The first kappa shape index (κ1) is 23.5. The smallest absolute Gasteiger partial charge is 0.325 e. The molecule has 1 aliphatic carbocycles. The van der Waals surface area contributed by atoms with Gasteiger partial charge in [-0.3, -0.25) is 24.2 Å². The SMILES string of the molecule is CCN(CC)C(=O)CN1CCCN(C(=O)CCN2C(=O)NC3(CCCCC3)C2=O)CC1. The number of nitrogens with one attached hydrogen (secondary N) is 1. The molecular formula is C22H37N5O4. The molecule has 31 heavy (non-hydrogen) atoms. The van der Waals surface area contributed by atoms with Crippen LogP contribution in [0.1, 0.15) is 58.8 Å². The Bertz CT molecular complexity index is 687. The first-order valence-electron chi connectivity index (χ1n) is 11.8. The Balaban J connectivity index is 1.47. The van der Waals surface area contributed by atoms with Gasteiger partial charge in [0.15, 0.2) is 0 Å². The van der Waals surface area contributed by atoms with E-state index in [9.17, 15) is 19.2 Å². The van der Waals surface area contributed by atoms with E-state index in [0.717, 1.165) is 32.2 Å². The van der Waals surface area contributed by atoms with Crippen LogP contribution in [0.15, 0.2) is 0 Å². The van der Waals surface area contributed by atoms with Gasteiger partial charge in [0.25, 0.3) is 5.91 Å². The molecule has 9 heteroatoms. The number of rotatable bonds is 7. The van der Waals surface area contributed by atoms with E-state index in [1.165, 1.54) is 4.90 Å². The van der Waals surface area contributed by atoms with Crippen molar-refractivity contribution in [3.8, 4) is 0 Å². The van der Waals surface area contributed by atoms with Gasteiger partial charge in [0.2, 0.25) is 11.8 Å². The highest BCUT2D eigenvalue weighted by molar-refractivity contribution is 6.07. The Kier molecular flexibility index (Phi) is 7.91. The number of carbonyl (C=O) groups is 4. The number of carbonyl (C=O) groups excluding carboxylic acids is 4. The lowest BCUT2D eigenvalue weighted by Gasteiger charge is -2.30. The molecule has 2 aliphatic heterocycles. The van der Waals surface area contributed by atoms with Gasteiger partial charge in [-0.15, -0.1) is 0 Å². The van der Waals surface area contributed by atoms with Gasteiger partial charge >= 0.3 is 6.03 Å². The van der Waals surface area contributed by atoms with Crippen LogP contribution in [-0.2, 0) is 14.4 Å². The molecule has 3 fully saturated rings. The summed E-state index contributed by atoms with van der Waals surface area (Å²) in [6, 6.07) is -0.364. The van der Waals surface area contributed by atoms with Crippen molar-refractivity contribution in [3.05, 3.63) is 0 Å². The van der Waals surface area contributed by atoms with Crippen LogP contribution in [-0.4, -0.2) is 101 Å². The Morgan fingerprint density at radius 1 is 0.968 bits per heavy atom. The first-order chi connectivity index (χ1) is 14.9. The maximum absolute atomic E-state index is 12.9. The summed E-state index contributed by atoms with van der Waals surface area (Å²) < 4.78 is 0. The Hall–Kier alpha value is -2.16. The maximum Gasteiger partial charge on any atom is 0.325 e. The largest absolute Gasteiger partial charge is 0.342 e. The van der Waals surface area contributed by atoms with E-state index in [2.05, 4.69) is 10.2 Å². The minimum Gasteiger partial charge on any atom is -0.342 e. The van der Waals surface area contributed by atoms with Gasteiger partial charge in [-0.05, 0) is 33.1 Å². The number of hydrogen-bond acceptors (Lipinski definition) is 5. The Morgan fingerprint density at radius 2 is 1.68 bits per heavy atom. The van der Waals surface area contributed by atoms with Gasteiger partial charge in [0, 0.05) is 52.2 Å². The molecule has 0 atom stereocenters. The third kappa shape index (κ3) is 5.37. The maximum atomic E-state index is 12.9. The van der Waals surface area contributed by atoms with Crippen LogP contribution in [0.2, 0.25) is 0 Å². The summed E-state index contributed by atoms with van der Waals surface area (Å²) in [4.78, 5) is 57.4. The highest BCUT2D eigenvalue weighted by Gasteiger charge is 2.51. The van der Waals surface area contributed by atoms with E-state index in [1.54, 1.807) is 4.90 Å². The van der Waals surface area contributed by atoms with E-state index < -0.39 is 5.54 Å². The monoisotopic (exact) mass is 435 g/mol. The summed E-state index contributed by atoms with van der Waals surface area (Å²) >= 11 is 0. The average molecular weight is 436 g/mol. The number of urea groups is 1. The third-order valence-electron chi connectivity index (χ3n) is 6.92. The summed E-state index contributed by atoms with van der Waals surface area (Å²) in [5.74, 6) is -0.0796. The van der Waals surface area contributed by atoms with Gasteiger partial charge in [0.1, 0.15) is 5.54 Å². The molecule has 0 aromatic heterocycles. The molecule has 0 unspecified atom stereocenters. The van der Waals surface area contributed by atoms with Gasteiger partial charge in [0.05, 0.1) is 6.54 Å². The fraction of sp³-hybridized carbons (Fsp3) is 0.818. The molecule has 1 N–H and O–H groups in total. The van der Waals surface area contributed by atoms with Gasteiger partial charge in [-0.2, -0.15) is 0 Å². The van der Waals surface area contributed by atoms with Crippen molar-refractivity contribution in [3.63, 3.8) is 0 Å². The lowest BCUT2D eigenvalue weighted by atomic mass is 9.82. The van der Waals surface area contributed by atoms with E-state index in [-0.39, 0.29) is 36.7 Å². The Morgan fingerprint density at radius 3 is 2.35 bits per heavy atom. The topological polar surface area (TPSA) is 93.3 Å². The van der Waals surface area contributed by atoms with Crippen molar-refractivity contribution in [2.24, 2.45) is 0 Å². The summed E-state index contributed by atoms with van der Waals surface area (Å²) in [5, 5.41) is 2.89. The molecule has 0 radical (unpaired) electrons. The van der Waals surface area contributed by atoms with Crippen LogP contribution < -0.4 is 5.32 Å². The fourth-order valence-corrected chi connectivity index (χ4v) is 4.99. The molecule has 5 amide bonds. The lowest BCUT2D eigenvalue weighted by Crippen LogP contribution is -2.48. The highest BCUT2D eigenvalue weighted by atomic mass is 16.2. The predicted octanol–water partition coefficient (Wildman–Crippen LogP) is 1.03. The van der Waals surface area contributed by atoms with Crippen molar-refractivity contribution in [1.82, 2.24) is 24.9 Å². The van der Waals surface area contributed by atoms with Gasteiger partial charge in [-0.25, -0.2) is 4.79 Å². The zero-order valence-corrected chi connectivity index (χ0v) is 19.0. The van der Waals surface area contributed by atoms with Gasteiger partial charge in [-0.1, -0.05) is 19.3 Å².